The summed E-state index contributed by atoms with van der Waals surface area (Å²) in [6.45, 7) is 0.275. The quantitative estimate of drug-likeness (QED) is 0.792. The zero-order valence-electron chi connectivity index (χ0n) is 8.84. The number of hydrogen-bond acceptors (Lipinski definition) is 2. The monoisotopic (exact) mass is 292 g/mol. The fraction of sp³-hybridized carbons (Fsp3) is 0.364. The molecule has 1 aromatic carbocycles. The van der Waals surface area contributed by atoms with E-state index in [2.05, 4.69) is 20.7 Å². The molecule has 0 N–H and O–H groups in total. The van der Waals surface area contributed by atoms with Crippen molar-refractivity contribution in [1.29, 1.82) is 0 Å². The molecule has 0 radical (unpaired) electrons. The number of carbonyl (C=O) groups is 1. The number of hydrogen-bond donors (Lipinski definition) is 0. The van der Waals surface area contributed by atoms with Gasteiger partial charge in [0, 0.05) is 0 Å². The van der Waals surface area contributed by atoms with Crippen molar-refractivity contribution in [2.45, 2.75) is 25.3 Å². The molecule has 0 aliphatic carbocycles. The Kier molecular flexibility index (Phi) is 4.41. The lowest BCUT2D eigenvalue weighted by Crippen LogP contribution is -2.05. The summed E-state index contributed by atoms with van der Waals surface area (Å²) in [5.74, 6) is 0.0870. The Morgan fingerprint density at radius 2 is 2.06 bits per heavy atom. The molecular formula is C11H11BrF2O2. The van der Waals surface area contributed by atoms with Crippen molar-refractivity contribution in [2.24, 2.45) is 0 Å². The van der Waals surface area contributed by atoms with Gasteiger partial charge in [0.15, 0.2) is 0 Å². The van der Waals surface area contributed by atoms with Gasteiger partial charge in [-0.1, -0.05) is 28.1 Å². The minimum Gasteiger partial charge on any atom is -0.435 e. The molecule has 0 amide bonds. The highest BCUT2D eigenvalue weighted by atomic mass is 79.9. The molecule has 2 nitrogen and oxygen atoms in total. The highest BCUT2D eigenvalue weighted by molar-refractivity contribution is 9.09. The van der Waals surface area contributed by atoms with Crippen LogP contribution in [-0.2, 0) is 4.79 Å². The van der Waals surface area contributed by atoms with Gasteiger partial charge >= 0.3 is 6.61 Å². The largest absolute Gasteiger partial charge is 0.435 e. The zero-order chi connectivity index (χ0) is 12.3. The molecule has 88 valence electrons. The zero-order valence-corrected chi connectivity index (χ0v) is 10.4. The average molecular weight is 293 g/mol. The van der Waals surface area contributed by atoms with Crippen molar-refractivity contribution >= 4 is 21.7 Å². The van der Waals surface area contributed by atoms with Gasteiger partial charge in [0.25, 0.3) is 0 Å². The summed E-state index contributed by atoms with van der Waals surface area (Å²) in [5, 5.41) is 0. The lowest BCUT2D eigenvalue weighted by molar-refractivity contribution is -0.116. The molecule has 0 bridgehead atoms. The van der Waals surface area contributed by atoms with Crippen LogP contribution in [0.2, 0.25) is 0 Å². The molecule has 5 heteroatoms. The van der Waals surface area contributed by atoms with Crippen molar-refractivity contribution in [3.05, 3.63) is 29.3 Å². The molecule has 1 unspecified atom stereocenters. The predicted octanol–water partition coefficient (Wildman–Crippen LogP) is 3.62. The topological polar surface area (TPSA) is 26.3 Å². The van der Waals surface area contributed by atoms with Gasteiger partial charge in [0.2, 0.25) is 0 Å². The summed E-state index contributed by atoms with van der Waals surface area (Å²) in [7, 11) is 0. The van der Waals surface area contributed by atoms with E-state index in [1.54, 1.807) is 19.1 Å². The first-order chi connectivity index (χ1) is 7.41. The molecule has 0 aliphatic rings. The molecule has 1 aromatic rings. The third-order valence-electron chi connectivity index (χ3n) is 2.06. The maximum atomic E-state index is 12.0. The summed E-state index contributed by atoms with van der Waals surface area (Å²) < 4.78 is 28.3. The Morgan fingerprint density at radius 3 is 2.50 bits per heavy atom. The SMILES string of the molecule is CC(=O)C(Br)c1ccc(OC(F)F)c(C)c1. The van der Waals surface area contributed by atoms with E-state index in [0.717, 1.165) is 5.56 Å². The van der Waals surface area contributed by atoms with Crippen LogP contribution < -0.4 is 4.74 Å². The minimum absolute atomic E-state index is 0.0399. The van der Waals surface area contributed by atoms with Gasteiger partial charge in [-0.15, -0.1) is 0 Å². The van der Waals surface area contributed by atoms with Crippen molar-refractivity contribution in [1.82, 2.24) is 0 Å². The smallest absolute Gasteiger partial charge is 0.387 e. The van der Waals surface area contributed by atoms with Gasteiger partial charge in [-0.05, 0) is 31.0 Å². The van der Waals surface area contributed by atoms with E-state index in [1.807, 2.05) is 0 Å². The Bertz CT molecular complexity index is 394. The Labute approximate surface area is 101 Å². The van der Waals surface area contributed by atoms with Crippen molar-refractivity contribution in [2.75, 3.05) is 0 Å². The number of halogens is 3. The number of ketones is 1. The van der Waals surface area contributed by atoms with Gasteiger partial charge in [0.05, 0.1) is 4.83 Å². The molecule has 0 fully saturated rings. The van der Waals surface area contributed by atoms with Crippen LogP contribution in [0, 0.1) is 6.92 Å². The second-order valence-electron chi connectivity index (χ2n) is 3.38. The Balaban J connectivity index is 2.95. The van der Waals surface area contributed by atoms with Crippen molar-refractivity contribution in [3.63, 3.8) is 0 Å². The number of benzene rings is 1. The third kappa shape index (κ3) is 3.27. The van der Waals surface area contributed by atoms with Crippen LogP contribution in [0.4, 0.5) is 8.78 Å². The van der Waals surface area contributed by atoms with Crippen LogP contribution in [0.1, 0.15) is 22.9 Å². The number of carbonyl (C=O) groups excluding carboxylic acids is 1. The second-order valence-corrected chi connectivity index (χ2v) is 4.29. The Morgan fingerprint density at radius 1 is 1.44 bits per heavy atom. The first kappa shape index (κ1) is 13.1. The van der Waals surface area contributed by atoms with E-state index in [-0.39, 0.29) is 11.5 Å². The summed E-state index contributed by atoms with van der Waals surface area (Å²) in [6.07, 6.45) is 0. The average Bonchev–Trinajstić information content (AvgIpc) is 2.19. The molecule has 1 atom stereocenters. The third-order valence-corrected chi connectivity index (χ3v) is 3.24. The van der Waals surface area contributed by atoms with Crippen LogP contribution in [-0.4, -0.2) is 12.4 Å². The van der Waals surface area contributed by atoms with Crippen LogP contribution >= 0.6 is 15.9 Å². The summed E-state index contributed by atoms with van der Waals surface area (Å²) in [4.78, 5) is 10.7. The van der Waals surface area contributed by atoms with Crippen LogP contribution in [0.5, 0.6) is 5.75 Å². The maximum absolute atomic E-state index is 12.0. The van der Waals surface area contributed by atoms with E-state index < -0.39 is 11.4 Å². The molecule has 0 saturated heterocycles. The van der Waals surface area contributed by atoms with E-state index in [9.17, 15) is 13.6 Å². The normalized spacial score (nSPS) is 12.6. The number of aryl methyl sites for hydroxylation is 1. The molecule has 0 spiro atoms. The van der Waals surface area contributed by atoms with Gasteiger partial charge in [-0.2, -0.15) is 8.78 Å². The molecule has 16 heavy (non-hydrogen) atoms. The molecule has 0 aromatic heterocycles. The van der Waals surface area contributed by atoms with E-state index in [4.69, 9.17) is 0 Å². The molecule has 1 rings (SSSR count). The van der Waals surface area contributed by atoms with Crippen LogP contribution in [0.15, 0.2) is 18.2 Å². The predicted molar refractivity (Wildman–Crippen MR) is 60.2 cm³/mol. The lowest BCUT2D eigenvalue weighted by Gasteiger charge is -2.11. The fourth-order valence-electron chi connectivity index (χ4n) is 1.29. The second kappa shape index (κ2) is 5.39. The minimum atomic E-state index is -2.84. The van der Waals surface area contributed by atoms with Gasteiger partial charge in [-0.3, -0.25) is 4.79 Å². The maximum Gasteiger partial charge on any atom is 0.387 e. The van der Waals surface area contributed by atoms with Crippen molar-refractivity contribution in [3.8, 4) is 5.75 Å². The number of ether oxygens (including phenoxy) is 1. The fourth-order valence-corrected chi connectivity index (χ4v) is 1.58. The van der Waals surface area contributed by atoms with Crippen LogP contribution in [0.3, 0.4) is 0 Å². The number of alkyl halides is 3. The molecule has 0 aliphatic heterocycles. The van der Waals surface area contributed by atoms with E-state index >= 15 is 0 Å². The van der Waals surface area contributed by atoms with E-state index in [0.29, 0.717) is 5.56 Å². The van der Waals surface area contributed by atoms with Gasteiger partial charge in [-0.25, -0.2) is 0 Å². The number of Topliss-reactive ketones (excluding diaryl/α,β-unsaturated/α-hetero) is 1. The van der Waals surface area contributed by atoms with E-state index in [1.165, 1.54) is 13.0 Å². The molecular weight excluding hydrogens is 282 g/mol. The van der Waals surface area contributed by atoms with Gasteiger partial charge < -0.3 is 4.74 Å². The standard InChI is InChI=1S/C11H11BrF2O2/c1-6-5-8(10(12)7(2)15)3-4-9(6)16-11(13)14/h3-5,10-11H,1-2H3. The number of rotatable bonds is 4. The summed E-state index contributed by atoms with van der Waals surface area (Å²) in [6, 6.07) is 4.68. The van der Waals surface area contributed by atoms with Crippen molar-refractivity contribution < 1.29 is 18.3 Å². The summed E-state index contributed by atoms with van der Waals surface area (Å²) >= 11 is 3.22. The summed E-state index contributed by atoms with van der Waals surface area (Å²) in [5.41, 5.74) is 1.30. The lowest BCUT2D eigenvalue weighted by atomic mass is 10.1. The Hall–Kier alpha value is -0.970. The highest BCUT2D eigenvalue weighted by Crippen LogP contribution is 2.28. The molecule has 0 saturated carbocycles. The molecule has 0 heterocycles. The van der Waals surface area contributed by atoms with Crippen LogP contribution in [0.25, 0.3) is 0 Å². The first-order valence-electron chi connectivity index (χ1n) is 4.61. The first-order valence-corrected chi connectivity index (χ1v) is 5.53. The highest BCUT2D eigenvalue weighted by Gasteiger charge is 2.14. The van der Waals surface area contributed by atoms with Gasteiger partial charge in [0.1, 0.15) is 11.5 Å².